The van der Waals surface area contributed by atoms with Crippen LogP contribution < -0.4 is 5.73 Å². The maximum Gasteiger partial charge on any atom is 0.112 e. The summed E-state index contributed by atoms with van der Waals surface area (Å²) in [6, 6.07) is 0. The standard InChI is InChI=1S/C7H10N2S/c8-7(2-1-3-7)6-9-4-5-10-6/h4-5H,1-3,8H2. The van der Waals surface area contributed by atoms with Crippen molar-refractivity contribution in [1.29, 1.82) is 0 Å². The number of rotatable bonds is 1. The van der Waals surface area contributed by atoms with Gasteiger partial charge in [-0.1, -0.05) is 0 Å². The first-order valence-electron chi connectivity index (χ1n) is 3.50. The summed E-state index contributed by atoms with van der Waals surface area (Å²) in [7, 11) is 0. The van der Waals surface area contributed by atoms with Crippen LogP contribution in [0, 0.1) is 0 Å². The van der Waals surface area contributed by atoms with Gasteiger partial charge in [0.25, 0.3) is 0 Å². The first kappa shape index (κ1) is 6.31. The van der Waals surface area contributed by atoms with Gasteiger partial charge in [0, 0.05) is 11.6 Å². The molecule has 0 atom stereocenters. The molecule has 54 valence electrons. The van der Waals surface area contributed by atoms with Crippen LogP contribution in [-0.4, -0.2) is 4.98 Å². The second kappa shape index (κ2) is 2.04. The van der Waals surface area contributed by atoms with Gasteiger partial charge in [-0.25, -0.2) is 4.98 Å². The Morgan fingerprint density at radius 2 is 2.40 bits per heavy atom. The van der Waals surface area contributed by atoms with Crippen molar-refractivity contribution in [2.24, 2.45) is 5.73 Å². The molecule has 0 amide bonds. The SMILES string of the molecule is NC1(c2nccs2)CCC1. The number of hydrogen-bond donors (Lipinski definition) is 1. The molecule has 1 aromatic heterocycles. The monoisotopic (exact) mass is 154 g/mol. The Hall–Kier alpha value is -0.410. The zero-order chi connectivity index (χ0) is 7.03. The van der Waals surface area contributed by atoms with Gasteiger partial charge in [-0.2, -0.15) is 0 Å². The molecule has 1 saturated carbocycles. The Kier molecular flexibility index (Phi) is 1.28. The average Bonchev–Trinajstić information content (AvgIpc) is 2.33. The Morgan fingerprint density at radius 3 is 2.80 bits per heavy atom. The van der Waals surface area contributed by atoms with Crippen molar-refractivity contribution in [3.05, 3.63) is 16.6 Å². The van der Waals surface area contributed by atoms with Gasteiger partial charge in [0.15, 0.2) is 0 Å². The average molecular weight is 154 g/mol. The van der Waals surface area contributed by atoms with Gasteiger partial charge in [-0.3, -0.25) is 0 Å². The minimum atomic E-state index is -0.0475. The smallest absolute Gasteiger partial charge is 0.112 e. The lowest BCUT2D eigenvalue weighted by Crippen LogP contribution is -2.43. The number of aromatic nitrogens is 1. The molecule has 0 bridgehead atoms. The molecule has 0 unspecified atom stereocenters. The lowest BCUT2D eigenvalue weighted by molar-refractivity contribution is 0.253. The third-order valence-electron chi connectivity index (χ3n) is 2.10. The van der Waals surface area contributed by atoms with Crippen molar-refractivity contribution in [3.8, 4) is 0 Å². The molecule has 2 nitrogen and oxygen atoms in total. The van der Waals surface area contributed by atoms with E-state index < -0.39 is 0 Å². The van der Waals surface area contributed by atoms with Crippen LogP contribution in [0.25, 0.3) is 0 Å². The van der Waals surface area contributed by atoms with Crippen LogP contribution in [-0.2, 0) is 5.54 Å². The summed E-state index contributed by atoms with van der Waals surface area (Å²) in [4.78, 5) is 4.20. The van der Waals surface area contributed by atoms with E-state index in [9.17, 15) is 0 Å². The van der Waals surface area contributed by atoms with Gasteiger partial charge in [0.1, 0.15) is 5.01 Å². The van der Waals surface area contributed by atoms with E-state index in [0.29, 0.717) is 0 Å². The highest BCUT2D eigenvalue weighted by Crippen LogP contribution is 2.39. The zero-order valence-electron chi connectivity index (χ0n) is 5.71. The van der Waals surface area contributed by atoms with Crippen LogP contribution >= 0.6 is 11.3 Å². The Labute approximate surface area is 64.1 Å². The summed E-state index contributed by atoms with van der Waals surface area (Å²) in [5, 5.41) is 3.10. The van der Waals surface area contributed by atoms with E-state index in [0.717, 1.165) is 17.8 Å². The van der Waals surface area contributed by atoms with Crippen LogP contribution in [0.1, 0.15) is 24.3 Å². The molecule has 0 aromatic carbocycles. The first-order chi connectivity index (χ1) is 4.81. The van der Waals surface area contributed by atoms with Crippen molar-refractivity contribution in [2.75, 3.05) is 0 Å². The van der Waals surface area contributed by atoms with Crippen molar-refractivity contribution in [2.45, 2.75) is 24.8 Å². The predicted octanol–water partition coefficient (Wildman–Crippen LogP) is 1.48. The van der Waals surface area contributed by atoms with Gasteiger partial charge in [-0.15, -0.1) is 11.3 Å². The summed E-state index contributed by atoms with van der Waals surface area (Å²) >= 11 is 1.67. The van der Waals surface area contributed by atoms with E-state index >= 15 is 0 Å². The summed E-state index contributed by atoms with van der Waals surface area (Å²) in [6.07, 6.45) is 5.31. The third-order valence-corrected chi connectivity index (χ3v) is 3.10. The molecule has 0 saturated heterocycles. The molecule has 3 heteroatoms. The number of thiazole rings is 1. The van der Waals surface area contributed by atoms with E-state index in [-0.39, 0.29) is 5.54 Å². The summed E-state index contributed by atoms with van der Waals surface area (Å²) in [6.45, 7) is 0. The predicted molar refractivity (Wildman–Crippen MR) is 41.8 cm³/mol. The van der Waals surface area contributed by atoms with Gasteiger partial charge in [0.2, 0.25) is 0 Å². The second-order valence-electron chi connectivity index (χ2n) is 2.85. The molecule has 1 aliphatic carbocycles. The molecule has 0 radical (unpaired) electrons. The molecular formula is C7H10N2S. The van der Waals surface area contributed by atoms with Crippen molar-refractivity contribution < 1.29 is 0 Å². The number of nitrogens with zero attached hydrogens (tertiary/aromatic N) is 1. The van der Waals surface area contributed by atoms with E-state index in [1.807, 2.05) is 11.6 Å². The Morgan fingerprint density at radius 1 is 1.60 bits per heavy atom. The third kappa shape index (κ3) is 0.777. The van der Waals surface area contributed by atoms with E-state index in [1.54, 1.807) is 11.3 Å². The highest BCUT2D eigenvalue weighted by molar-refractivity contribution is 7.09. The fourth-order valence-electron chi connectivity index (χ4n) is 1.24. The maximum atomic E-state index is 6.02. The summed E-state index contributed by atoms with van der Waals surface area (Å²) in [5.74, 6) is 0. The normalized spacial score (nSPS) is 22.1. The molecule has 1 aromatic rings. The van der Waals surface area contributed by atoms with Crippen molar-refractivity contribution in [3.63, 3.8) is 0 Å². The van der Waals surface area contributed by atoms with E-state index in [1.165, 1.54) is 6.42 Å². The fourth-order valence-corrected chi connectivity index (χ4v) is 2.05. The van der Waals surface area contributed by atoms with Crippen LogP contribution in [0.5, 0.6) is 0 Å². The Bertz CT molecular complexity index is 214. The summed E-state index contributed by atoms with van der Waals surface area (Å²) in [5.41, 5.74) is 5.97. The quantitative estimate of drug-likeness (QED) is 0.665. The van der Waals surface area contributed by atoms with Crippen molar-refractivity contribution >= 4 is 11.3 Å². The van der Waals surface area contributed by atoms with Crippen molar-refractivity contribution in [1.82, 2.24) is 4.98 Å². The lowest BCUT2D eigenvalue weighted by Gasteiger charge is -2.35. The van der Waals surface area contributed by atoms with Gasteiger partial charge < -0.3 is 5.73 Å². The highest BCUT2D eigenvalue weighted by Gasteiger charge is 2.36. The highest BCUT2D eigenvalue weighted by atomic mass is 32.1. The van der Waals surface area contributed by atoms with Crippen LogP contribution in [0.3, 0.4) is 0 Å². The topological polar surface area (TPSA) is 38.9 Å². The van der Waals surface area contributed by atoms with Crippen LogP contribution in [0.4, 0.5) is 0 Å². The minimum Gasteiger partial charge on any atom is -0.319 e. The van der Waals surface area contributed by atoms with E-state index in [2.05, 4.69) is 4.98 Å². The maximum absolute atomic E-state index is 6.02. The molecule has 1 heterocycles. The molecule has 0 aliphatic heterocycles. The fraction of sp³-hybridized carbons (Fsp3) is 0.571. The summed E-state index contributed by atoms with van der Waals surface area (Å²) < 4.78 is 0. The van der Waals surface area contributed by atoms with E-state index in [4.69, 9.17) is 5.73 Å². The second-order valence-corrected chi connectivity index (χ2v) is 3.74. The van der Waals surface area contributed by atoms with Gasteiger partial charge >= 0.3 is 0 Å². The van der Waals surface area contributed by atoms with Crippen LogP contribution in [0.15, 0.2) is 11.6 Å². The first-order valence-corrected chi connectivity index (χ1v) is 4.38. The minimum absolute atomic E-state index is 0.0475. The number of nitrogens with two attached hydrogens (primary N) is 1. The molecular weight excluding hydrogens is 144 g/mol. The molecule has 2 rings (SSSR count). The van der Waals surface area contributed by atoms with Crippen LogP contribution in [0.2, 0.25) is 0 Å². The molecule has 2 N–H and O–H groups in total. The molecule has 1 fully saturated rings. The van der Waals surface area contributed by atoms with Gasteiger partial charge in [-0.05, 0) is 19.3 Å². The molecule has 10 heavy (non-hydrogen) atoms. The molecule has 1 aliphatic rings. The molecule has 0 spiro atoms. The Balaban J connectivity index is 2.27. The van der Waals surface area contributed by atoms with Gasteiger partial charge in [0.05, 0.1) is 5.54 Å². The number of hydrogen-bond acceptors (Lipinski definition) is 3. The lowest BCUT2D eigenvalue weighted by atomic mass is 9.78. The largest absolute Gasteiger partial charge is 0.319 e. The zero-order valence-corrected chi connectivity index (χ0v) is 6.53.